The van der Waals surface area contributed by atoms with Gasteiger partial charge in [-0.25, -0.2) is 0 Å². The topological polar surface area (TPSA) is 111 Å². The van der Waals surface area contributed by atoms with Crippen LogP contribution < -0.4 is 4.89 Å². The van der Waals surface area contributed by atoms with Crippen LogP contribution in [0.15, 0.2) is 12.2 Å². The van der Waals surface area contributed by atoms with Crippen LogP contribution in [-0.4, -0.2) is 70.0 Å². The molecule has 0 heterocycles. The maximum atomic E-state index is 12.6. The minimum atomic E-state index is -4.62. The predicted molar refractivity (Wildman–Crippen MR) is 213 cm³/mol. The Balaban J connectivity index is 4.37. The minimum Gasteiger partial charge on any atom is -0.756 e. The highest BCUT2D eigenvalue weighted by atomic mass is 31.2. The molecule has 308 valence electrons. The molecule has 0 radical (unpaired) electrons. The van der Waals surface area contributed by atoms with Gasteiger partial charge in [0, 0.05) is 12.8 Å². The van der Waals surface area contributed by atoms with Crippen LogP contribution in [0.2, 0.25) is 0 Å². The van der Waals surface area contributed by atoms with Gasteiger partial charge in [0.25, 0.3) is 7.82 Å². The van der Waals surface area contributed by atoms with Crippen molar-refractivity contribution in [3.05, 3.63) is 12.2 Å². The first-order valence-corrected chi connectivity index (χ1v) is 22.9. The third-order valence-electron chi connectivity index (χ3n) is 9.29. The molecule has 0 aromatic heterocycles. The van der Waals surface area contributed by atoms with E-state index in [1.54, 1.807) is 0 Å². The lowest BCUT2D eigenvalue weighted by atomic mass is 10.0. The molecule has 0 rings (SSSR count). The standard InChI is InChI=1S/C42H82NO8P/c1-6-8-10-12-14-16-18-20-21-22-23-25-27-29-31-33-35-42(45)51-40(39-50-52(46,47)49-37-36-43(3,4)5)38-48-41(44)34-32-30-28-26-24-19-17-15-13-11-9-7-2/h21-22,40H,6-20,23-39H2,1-5H3/b22-21-/t40-/m1/s1. The number of allylic oxidation sites excluding steroid dienone is 2. The fraction of sp³-hybridized carbons (Fsp3) is 0.905. The molecule has 0 saturated carbocycles. The van der Waals surface area contributed by atoms with E-state index in [0.717, 1.165) is 51.4 Å². The number of phosphoric ester groups is 1. The second-order valence-corrected chi connectivity index (χ2v) is 17.1. The maximum Gasteiger partial charge on any atom is 0.306 e. The monoisotopic (exact) mass is 760 g/mol. The summed E-state index contributed by atoms with van der Waals surface area (Å²) >= 11 is 0. The molecule has 0 aromatic rings. The van der Waals surface area contributed by atoms with Crippen molar-refractivity contribution in [1.82, 2.24) is 0 Å². The van der Waals surface area contributed by atoms with Crippen molar-refractivity contribution < 1.29 is 42.1 Å². The summed E-state index contributed by atoms with van der Waals surface area (Å²) in [6.45, 7) is 4.22. The zero-order valence-electron chi connectivity index (χ0n) is 34.5. The van der Waals surface area contributed by atoms with Gasteiger partial charge in [-0.1, -0.05) is 154 Å². The number of carbonyl (C=O) groups excluding carboxylic acids is 2. The highest BCUT2D eigenvalue weighted by Gasteiger charge is 2.21. The molecular weight excluding hydrogens is 677 g/mol. The lowest BCUT2D eigenvalue weighted by Gasteiger charge is -2.28. The number of esters is 2. The number of nitrogens with zero attached hydrogens (tertiary/aromatic N) is 1. The molecule has 0 bridgehead atoms. The molecule has 0 fully saturated rings. The number of rotatable bonds is 39. The van der Waals surface area contributed by atoms with E-state index in [4.69, 9.17) is 18.5 Å². The lowest BCUT2D eigenvalue weighted by Crippen LogP contribution is -2.37. The van der Waals surface area contributed by atoms with E-state index in [9.17, 15) is 19.0 Å². The van der Waals surface area contributed by atoms with Crippen LogP contribution in [0.3, 0.4) is 0 Å². The van der Waals surface area contributed by atoms with Crippen LogP contribution in [-0.2, 0) is 32.7 Å². The first-order valence-electron chi connectivity index (χ1n) is 21.4. The number of carbonyl (C=O) groups is 2. The van der Waals surface area contributed by atoms with Crippen LogP contribution in [0.4, 0.5) is 0 Å². The first kappa shape index (κ1) is 50.8. The Bertz CT molecular complexity index is 907. The van der Waals surface area contributed by atoms with E-state index in [1.165, 1.54) is 109 Å². The molecule has 0 N–H and O–H groups in total. The molecule has 0 saturated heterocycles. The van der Waals surface area contributed by atoms with Gasteiger partial charge in [0.2, 0.25) is 0 Å². The lowest BCUT2D eigenvalue weighted by molar-refractivity contribution is -0.870. The first-order chi connectivity index (χ1) is 25.0. The molecule has 1 unspecified atom stereocenters. The molecule has 10 heteroatoms. The average molecular weight is 760 g/mol. The molecular formula is C42H82NO8P. The van der Waals surface area contributed by atoms with Crippen LogP contribution >= 0.6 is 7.82 Å². The molecule has 0 aromatic carbocycles. The normalized spacial score (nSPS) is 13.7. The fourth-order valence-electron chi connectivity index (χ4n) is 5.88. The van der Waals surface area contributed by atoms with Crippen molar-refractivity contribution in [2.45, 2.75) is 200 Å². The number of hydrogen-bond acceptors (Lipinski definition) is 8. The van der Waals surface area contributed by atoms with E-state index < -0.39 is 26.5 Å². The van der Waals surface area contributed by atoms with Crippen molar-refractivity contribution in [3.63, 3.8) is 0 Å². The molecule has 52 heavy (non-hydrogen) atoms. The van der Waals surface area contributed by atoms with Gasteiger partial charge in [-0.3, -0.25) is 14.2 Å². The minimum absolute atomic E-state index is 0.0295. The summed E-state index contributed by atoms with van der Waals surface area (Å²) in [4.78, 5) is 37.4. The predicted octanol–water partition coefficient (Wildman–Crippen LogP) is 11.2. The second-order valence-electron chi connectivity index (χ2n) is 15.7. The van der Waals surface area contributed by atoms with Crippen molar-refractivity contribution in [1.29, 1.82) is 0 Å². The van der Waals surface area contributed by atoms with E-state index in [0.29, 0.717) is 17.4 Å². The van der Waals surface area contributed by atoms with Crippen molar-refractivity contribution >= 4 is 19.8 Å². The third-order valence-corrected chi connectivity index (χ3v) is 10.2. The Morgan fingerprint density at radius 1 is 0.577 bits per heavy atom. The molecule has 9 nitrogen and oxygen atoms in total. The van der Waals surface area contributed by atoms with Gasteiger partial charge in [0.1, 0.15) is 19.8 Å². The van der Waals surface area contributed by atoms with Gasteiger partial charge >= 0.3 is 11.9 Å². The maximum absolute atomic E-state index is 12.6. The zero-order valence-corrected chi connectivity index (χ0v) is 35.4. The summed E-state index contributed by atoms with van der Waals surface area (Å²) in [6.07, 6.45) is 35.2. The largest absolute Gasteiger partial charge is 0.756 e. The van der Waals surface area contributed by atoms with Crippen LogP contribution in [0, 0.1) is 0 Å². The summed E-state index contributed by atoms with van der Waals surface area (Å²) in [5, 5.41) is 0. The van der Waals surface area contributed by atoms with Crippen LogP contribution in [0.1, 0.15) is 194 Å². The Morgan fingerprint density at radius 2 is 0.981 bits per heavy atom. The zero-order chi connectivity index (χ0) is 38.6. The fourth-order valence-corrected chi connectivity index (χ4v) is 6.61. The smallest absolute Gasteiger partial charge is 0.306 e. The average Bonchev–Trinajstić information content (AvgIpc) is 3.09. The molecule has 2 atom stereocenters. The summed E-state index contributed by atoms with van der Waals surface area (Å²) in [6, 6.07) is 0. The van der Waals surface area contributed by atoms with Crippen molar-refractivity contribution in [3.8, 4) is 0 Å². The van der Waals surface area contributed by atoms with E-state index in [-0.39, 0.29) is 32.0 Å². The van der Waals surface area contributed by atoms with Gasteiger partial charge < -0.3 is 27.9 Å². The van der Waals surface area contributed by atoms with Gasteiger partial charge in [-0.2, -0.15) is 0 Å². The van der Waals surface area contributed by atoms with E-state index in [2.05, 4.69) is 26.0 Å². The van der Waals surface area contributed by atoms with Gasteiger partial charge in [-0.15, -0.1) is 0 Å². The molecule has 0 spiro atoms. The van der Waals surface area contributed by atoms with Crippen molar-refractivity contribution in [2.75, 3.05) is 47.5 Å². The number of ether oxygens (including phenoxy) is 2. The summed E-state index contributed by atoms with van der Waals surface area (Å²) < 4.78 is 33.8. The SMILES string of the molecule is CCCCCCCCC/C=C\CCCCCCCC(=O)O[C@H](COC(=O)CCCCCCCCCCCCCC)COP(=O)([O-])OCC[N+](C)(C)C. The van der Waals surface area contributed by atoms with E-state index in [1.807, 2.05) is 21.1 Å². The Hall–Kier alpha value is -1.25. The Morgan fingerprint density at radius 3 is 1.42 bits per heavy atom. The van der Waals surface area contributed by atoms with Gasteiger partial charge in [0.05, 0.1) is 27.7 Å². The molecule has 0 aliphatic rings. The molecule has 0 aliphatic heterocycles. The number of likely N-dealkylation sites (N-methyl/N-ethyl adjacent to an activating group) is 1. The van der Waals surface area contributed by atoms with Crippen LogP contribution in [0.25, 0.3) is 0 Å². The third kappa shape index (κ3) is 38.5. The highest BCUT2D eigenvalue weighted by Crippen LogP contribution is 2.38. The summed E-state index contributed by atoms with van der Waals surface area (Å²) in [5.41, 5.74) is 0. The summed E-state index contributed by atoms with van der Waals surface area (Å²) in [5.74, 6) is -0.837. The number of hydrogen-bond donors (Lipinski definition) is 0. The number of quaternary nitrogens is 1. The number of phosphoric acid groups is 1. The highest BCUT2D eigenvalue weighted by molar-refractivity contribution is 7.45. The van der Waals surface area contributed by atoms with Crippen molar-refractivity contribution in [2.24, 2.45) is 0 Å². The molecule has 0 aliphatic carbocycles. The van der Waals surface area contributed by atoms with Gasteiger partial charge in [-0.05, 0) is 38.5 Å². The summed E-state index contributed by atoms with van der Waals surface area (Å²) in [7, 11) is 1.17. The number of unbranched alkanes of at least 4 members (excludes halogenated alkanes) is 23. The quantitative estimate of drug-likeness (QED) is 0.0200. The van der Waals surface area contributed by atoms with Crippen LogP contribution in [0.5, 0.6) is 0 Å². The second kappa shape index (κ2) is 35.5. The molecule has 0 amide bonds. The Kier molecular flexibility index (Phi) is 34.6. The Labute approximate surface area is 320 Å². The van der Waals surface area contributed by atoms with E-state index >= 15 is 0 Å². The van der Waals surface area contributed by atoms with Gasteiger partial charge in [0.15, 0.2) is 6.10 Å².